The summed E-state index contributed by atoms with van der Waals surface area (Å²) in [5.74, 6) is 0.133. The molecule has 22 heavy (non-hydrogen) atoms. The highest BCUT2D eigenvalue weighted by Crippen LogP contribution is 2.27. The second-order valence-electron chi connectivity index (χ2n) is 6.22. The quantitative estimate of drug-likeness (QED) is 0.943. The number of hydrogen-bond donors (Lipinski definition) is 1. The van der Waals surface area contributed by atoms with Crippen LogP contribution in [0.1, 0.15) is 42.9 Å². The Morgan fingerprint density at radius 3 is 2.77 bits per heavy atom. The fourth-order valence-corrected chi connectivity index (χ4v) is 3.27. The molecule has 0 unspecified atom stereocenters. The number of benzene rings is 1. The smallest absolute Gasteiger partial charge is 0.224 e. The number of amides is 1. The van der Waals surface area contributed by atoms with Crippen molar-refractivity contribution in [1.29, 1.82) is 0 Å². The van der Waals surface area contributed by atoms with Crippen LogP contribution in [0.4, 0.5) is 0 Å². The zero-order valence-corrected chi connectivity index (χ0v) is 13.0. The molecule has 4 nitrogen and oxygen atoms in total. The van der Waals surface area contributed by atoms with E-state index in [9.17, 15) is 4.79 Å². The van der Waals surface area contributed by atoms with Crippen LogP contribution in [0.15, 0.2) is 42.7 Å². The van der Waals surface area contributed by atoms with E-state index in [0.717, 1.165) is 31.2 Å². The number of nitrogens with one attached hydrogen (secondary N) is 1. The number of carbonyl (C=O) groups is 1. The predicted molar refractivity (Wildman–Crippen MR) is 86.5 cm³/mol. The Kier molecular flexibility index (Phi) is 4.56. The number of rotatable bonds is 4. The Morgan fingerprint density at radius 2 is 2.09 bits per heavy atom. The minimum absolute atomic E-state index is 0.133. The molecule has 4 heteroatoms. The summed E-state index contributed by atoms with van der Waals surface area (Å²) in [6.45, 7) is 2.05. The Balaban J connectivity index is 1.47. The van der Waals surface area contributed by atoms with E-state index in [4.69, 9.17) is 0 Å². The van der Waals surface area contributed by atoms with Crippen molar-refractivity contribution in [3.8, 4) is 0 Å². The third kappa shape index (κ3) is 3.75. The first-order valence-corrected chi connectivity index (χ1v) is 8.05. The molecule has 1 aromatic carbocycles. The first-order valence-electron chi connectivity index (χ1n) is 8.05. The van der Waals surface area contributed by atoms with Crippen LogP contribution in [0.5, 0.6) is 0 Å². The van der Waals surface area contributed by atoms with Crippen molar-refractivity contribution in [3.63, 3.8) is 0 Å². The molecule has 1 fully saturated rings. The Hall–Kier alpha value is -2.10. The molecule has 0 radical (unpaired) electrons. The lowest BCUT2D eigenvalue weighted by atomic mass is 9.91. The molecule has 0 aliphatic heterocycles. The van der Waals surface area contributed by atoms with Gasteiger partial charge in [-0.15, -0.1) is 0 Å². The standard InChI is InChI=1S/C18H23N3O/c1-14-4-2-5-15(12-14)13-18(22)20-16-6-8-17(9-7-16)21-11-3-10-19-21/h2-5,10-12,16-17H,6-9,13H2,1H3,(H,20,22). The monoisotopic (exact) mass is 297 g/mol. The topological polar surface area (TPSA) is 46.9 Å². The highest BCUT2D eigenvalue weighted by Gasteiger charge is 2.23. The van der Waals surface area contributed by atoms with E-state index < -0.39 is 0 Å². The Labute approximate surface area is 131 Å². The van der Waals surface area contributed by atoms with E-state index in [2.05, 4.69) is 29.5 Å². The molecular formula is C18H23N3O. The van der Waals surface area contributed by atoms with Gasteiger partial charge in [-0.05, 0) is 44.2 Å². The van der Waals surface area contributed by atoms with Crippen molar-refractivity contribution in [2.24, 2.45) is 0 Å². The van der Waals surface area contributed by atoms with Gasteiger partial charge in [0.25, 0.3) is 0 Å². The summed E-state index contributed by atoms with van der Waals surface area (Å²) in [5.41, 5.74) is 2.28. The van der Waals surface area contributed by atoms with Crippen LogP contribution in [0.2, 0.25) is 0 Å². The SMILES string of the molecule is Cc1cccc(CC(=O)NC2CCC(n3cccn3)CC2)c1. The Morgan fingerprint density at radius 1 is 1.27 bits per heavy atom. The molecule has 0 spiro atoms. The van der Waals surface area contributed by atoms with Gasteiger partial charge < -0.3 is 5.32 Å². The second kappa shape index (κ2) is 6.77. The van der Waals surface area contributed by atoms with Crippen LogP contribution >= 0.6 is 0 Å². The van der Waals surface area contributed by atoms with E-state index in [1.54, 1.807) is 0 Å². The number of hydrogen-bond acceptors (Lipinski definition) is 2. The largest absolute Gasteiger partial charge is 0.353 e. The van der Waals surface area contributed by atoms with Crippen molar-refractivity contribution in [2.45, 2.75) is 51.1 Å². The van der Waals surface area contributed by atoms with Gasteiger partial charge in [-0.1, -0.05) is 29.8 Å². The maximum absolute atomic E-state index is 12.2. The first-order chi connectivity index (χ1) is 10.7. The van der Waals surface area contributed by atoms with Gasteiger partial charge in [0.05, 0.1) is 12.5 Å². The van der Waals surface area contributed by atoms with Crippen LogP contribution in [0, 0.1) is 6.92 Å². The minimum Gasteiger partial charge on any atom is -0.353 e. The third-order valence-electron chi connectivity index (χ3n) is 4.41. The average molecular weight is 297 g/mol. The average Bonchev–Trinajstić information content (AvgIpc) is 3.02. The highest BCUT2D eigenvalue weighted by molar-refractivity contribution is 5.78. The summed E-state index contributed by atoms with van der Waals surface area (Å²) in [6.07, 6.45) is 8.56. The first kappa shape index (κ1) is 14.8. The maximum Gasteiger partial charge on any atom is 0.224 e. The summed E-state index contributed by atoms with van der Waals surface area (Å²) < 4.78 is 2.05. The van der Waals surface area contributed by atoms with Crippen LogP contribution in [-0.4, -0.2) is 21.7 Å². The lowest BCUT2D eigenvalue weighted by Gasteiger charge is -2.29. The molecule has 116 valence electrons. The van der Waals surface area contributed by atoms with E-state index in [-0.39, 0.29) is 5.91 Å². The van der Waals surface area contributed by atoms with Gasteiger partial charge in [0.15, 0.2) is 0 Å². The molecule has 1 saturated carbocycles. The normalized spacial score (nSPS) is 21.5. The summed E-state index contributed by atoms with van der Waals surface area (Å²) >= 11 is 0. The van der Waals surface area contributed by atoms with Gasteiger partial charge in [-0.3, -0.25) is 9.48 Å². The fraction of sp³-hybridized carbons (Fsp3) is 0.444. The van der Waals surface area contributed by atoms with Crippen LogP contribution < -0.4 is 5.32 Å². The Bertz CT molecular complexity index is 613. The zero-order chi connectivity index (χ0) is 15.4. The molecule has 1 aromatic heterocycles. The van der Waals surface area contributed by atoms with Gasteiger partial charge in [-0.2, -0.15) is 5.10 Å². The second-order valence-corrected chi connectivity index (χ2v) is 6.22. The predicted octanol–water partition coefficient (Wildman–Crippen LogP) is 3.03. The molecule has 1 amide bonds. The maximum atomic E-state index is 12.2. The van der Waals surface area contributed by atoms with E-state index in [1.807, 2.05) is 35.3 Å². The number of carbonyl (C=O) groups excluding carboxylic acids is 1. The molecule has 1 heterocycles. The molecule has 2 aromatic rings. The van der Waals surface area contributed by atoms with Crippen molar-refractivity contribution < 1.29 is 4.79 Å². The van der Waals surface area contributed by atoms with Crippen LogP contribution in [0.25, 0.3) is 0 Å². The van der Waals surface area contributed by atoms with Crippen molar-refractivity contribution in [1.82, 2.24) is 15.1 Å². The van der Waals surface area contributed by atoms with Gasteiger partial charge in [0.1, 0.15) is 0 Å². The van der Waals surface area contributed by atoms with Gasteiger partial charge >= 0.3 is 0 Å². The van der Waals surface area contributed by atoms with Gasteiger partial charge in [0, 0.05) is 18.4 Å². The van der Waals surface area contributed by atoms with E-state index in [0.29, 0.717) is 18.5 Å². The molecule has 1 aliphatic carbocycles. The van der Waals surface area contributed by atoms with E-state index >= 15 is 0 Å². The summed E-state index contributed by atoms with van der Waals surface area (Å²) in [7, 11) is 0. The van der Waals surface area contributed by atoms with Crippen molar-refractivity contribution in [3.05, 3.63) is 53.9 Å². The lowest BCUT2D eigenvalue weighted by Crippen LogP contribution is -2.38. The molecule has 1 N–H and O–H groups in total. The van der Waals surface area contributed by atoms with Crippen molar-refractivity contribution in [2.75, 3.05) is 0 Å². The molecule has 0 saturated heterocycles. The molecule has 0 bridgehead atoms. The van der Waals surface area contributed by atoms with Crippen molar-refractivity contribution >= 4 is 5.91 Å². The third-order valence-corrected chi connectivity index (χ3v) is 4.41. The molecule has 0 atom stereocenters. The fourth-order valence-electron chi connectivity index (χ4n) is 3.27. The van der Waals surface area contributed by atoms with E-state index in [1.165, 1.54) is 5.56 Å². The number of nitrogens with zero attached hydrogens (tertiary/aromatic N) is 2. The van der Waals surface area contributed by atoms with Gasteiger partial charge in [0.2, 0.25) is 5.91 Å². The van der Waals surface area contributed by atoms with Crippen LogP contribution in [-0.2, 0) is 11.2 Å². The number of aromatic nitrogens is 2. The molecular weight excluding hydrogens is 274 g/mol. The summed E-state index contributed by atoms with van der Waals surface area (Å²) in [5, 5.41) is 7.50. The van der Waals surface area contributed by atoms with Crippen LogP contribution in [0.3, 0.4) is 0 Å². The molecule has 1 aliphatic rings. The highest BCUT2D eigenvalue weighted by atomic mass is 16.1. The summed E-state index contributed by atoms with van der Waals surface area (Å²) in [4.78, 5) is 12.2. The molecule has 3 rings (SSSR count). The van der Waals surface area contributed by atoms with Gasteiger partial charge in [-0.25, -0.2) is 0 Å². The lowest BCUT2D eigenvalue weighted by molar-refractivity contribution is -0.121. The minimum atomic E-state index is 0.133. The zero-order valence-electron chi connectivity index (χ0n) is 13.0. The summed E-state index contributed by atoms with van der Waals surface area (Å²) in [6, 6.07) is 10.9. The number of aryl methyl sites for hydroxylation is 1.